The smallest absolute Gasteiger partial charge is 0.269 e. The Hall–Kier alpha value is -2.87. The zero-order chi connectivity index (χ0) is 16.6. The van der Waals surface area contributed by atoms with E-state index in [1.54, 1.807) is 11.4 Å². The maximum Gasteiger partial charge on any atom is 0.269 e. The number of aryl methyl sites for hydroxylation is 1. The molecule has 0 saturated heterocycles. The van der Waals surface area contributed by atoms with Crippen molar-refractivity contribution in [3.63, 3.8) is 0 Å². The van der Waals surface area contributed by atoms with Crippen LogP contribution in [-0.4, -0.2) is 20.7 Å². The van der Waals surface area contributed by atoms with Gasteiger partial charge in [0.25, 0.3) is 5.69 Å². The summed E-state index contributed by atoms with van der Waals surface area (Å²) in [5.41, 5.74) is 8.19. The summed E-state index contributed by atoms with van der Waals surface area (Å²) >= 11 is 1.31. The first-order chi connectivity index (χ1) is 11.0. The van der Waals surface area contributed by atoms with Gasteiger partial charge in [-0.05, 0) is 18.1 Å². The summed E-state index contributed by atoms with van der Waals surface area (Å²) in [6, 6.07) is 4.51. The zero-order valence-electron chi connectivity index (χ0n) is 12.1. The lowest BCUT2D eigenvalue weighted by molar-refractivity contribution is -0.384. The van der Waals surface area contributed by atoms with Crippen molar-refractivity contribution in [1.29, 1.82) is 0 Å². The molecule has 8 heteroatoms. The highest BCUT2D eigenvalue weighted by Gasteiger charge is 2.18. The number of carbonyl (C=O) groups excluding carboxylic acids is 1. The molecule has 0 fully saturated rings. The maximum atomic E-state index is 12.6. The monoisotopic (exact) mass is 328 g/mol. The van der Waals surface area contributed by atoms with Gasteiger partial charge in [0.15, 0.2) is 5.78 Å². The van der Waals surface area contributed by atoms with Crippen molar-refractivity contribution in [1.82, 2.24) is 9.97 Å². The number of anilines is 1. The van der Waals surface area contributed by atoms with Gasteiger partial charge in [0.1, 0.15) is 12.1 Å². The summed E-state index contributed by atoms with van der Waals surface area (Å²) in [7, 11) is 0. The average Bonchev–Trinajstić information content (AvgIpc) is 2.94. The lowest BCUT2D eigenvalue weighted by atomic mass is 10.00. The highest BCUT2D eigenvalue weighted by molar-refractivity contribution is 7.18. The van der Waals surface area contributed by atoms with Crippen LogP contribution in [0.15, 0.2) is 29.9 Å². The van der Waals surface area contributed by atoms with Crippen LogP contribution in [0.4, 0.5) is 11.5 Å². The van der Waals surface area contributed by atoms with Crippen LogP contribution in [0.2, 0.25) is 0 Å². The highest BCUT2D eigenvalue weighted by Crippen LogP contribution is 2.29. The number of hydrogen-bond acceptors (Lipinski definition) is 7. The fourth-order valence-corrected chi connectivity index (χ4v) is 3.22. The Kier molecular flexibility index (Phi) is 3.75. The fourth-order valence-electron chi connectivity index (χ4n) is 2.30. The molecule has 23 heavy (non-hydrogen) atoms. The predicted molar refractivity (Wildman–Crippen MR) is 87.7 cm³/mol. The Labute approximate surface area is 134 Å². The number of non-ortho nitro benzene ring substituents is 1. The van der Waals surface area contributed by atoms with Gasteiger partial charge < -0.3 is 5.73 Å². The van der Waals surface area contributed by atoms with Gasteiger partial charge in [-0.1, -0.05) is 6.07 Å². The molecule has 2 heterocycles. The van der Waals surface area contributed by atoms with Gasteiger partial charge in [-0.3, -0.25) is 14.9 Å². The summed E-state index contributed by atoms with van der Waals surface area (Å²) in [5.74, 6) is 0.184. The fraction of sp³-hybridized carbons (Fsp3) is 0.133. The van der Waals surface area contributed by atoms with E-state index in [1.807, 2.05) is 6.92 Å². The molecule has 7 nitrogen and oxygen atoms in total. The number of carbonyl (C=O) groups is 1. The maximum absolute atomic E-state index is 12.6. The third kappa shape index (κ3) is 2.76. The molecular weight excluding hydrogens is 316 g/mol. The summed E-state index contributed by atoms with van der Waals surface area (Å²) in [4.78, 5) is 31.0. The number of rotatable bonds is 4. The highest BCUT2D eigenvalue weighted by atomic mass is 32.1. The van der Waals surface area contributed by atoms with Crippen LogP contribution in [0.5, 0.6) is 0 Å². The topological polar surface area (TPSA) is 112 Å². The molecule has 116 valence electrons. The number of Topliss-reactive ketones (excluding diaryl/α,β-unsaturated/α-hetero) is 1. The van der Waals surface area contributed by atoms with Crippen molar-refractivity contribution < 1.29 is 9.72 Å². The second-order valence-corrected chi connectivity index (χ2v) is 5.93. The molecule has 3 aromatic rings. The molecule has 0 unspecified atom stereocenters. The summed E-state index contributed by atoms with van der Waals surface area (Å²) in [6.07, 6.45) is 1.39. The Balaban J connectivity index is 1.97. The molecule has 0 radical (unpaired) electrons. The first kappa shape index (κ1) is 15.0. The van der Waals surface area contributed by atoms with Gasteiger partial charge in [-0.2, -0.15) is 0 Å². The number of nitrogens with zero attached hydrogens (tertiary/aromatic N) is 3. The van der Waals surface area contributed by atoms with Crippen LogP contribution < -0.4 is 5.73 Å². The average molecular weight is 328 g/mol. The number of nitro groups is 1. The van der Waals surface area contributed by atoms with E-state index in [0.29, 0.717) is 27.2 Å². The van der Waals surface area contributed by atoms with Crippen LogP contribution in [0.1, 0.15) is 21.5 Å². The molecule has 0 aliphatic rings. The normalized spacial score (nSPS) is 10.8. The van der Waals surface area contributed by atoms with E-state index in [9.17, 15) is 14.9 Å². The largest absolute Gasteiger partial charge is 0.382 e. The van der Waals surface area contributed by atoms with E-state index in [0.717, 1.165) is 5.56 Å². The zero-order valence-corrected chi connectivity index (χ0v) is 13.0. The van der Waals surface area contributed by atoms with Gasteiger partial charge in [0.2, 0.25) is 0 Å². The van der Waals surface area contributed by atoms with Crippen molar-refractivity contribution in [2.75, 3.05) is 5.73 Å². The molecule has 0 aliphatic heterocycles. The van der Waals surface area contributed by atoms with Crippen LogP contribution in [-0.2, 0) is 6.42 Å². The standard InChI is InChI=1S/C15H12N4O3S/c1-8-2-3-10(19(21)22)4-9(8)5-12(20)11-6-23-14-13(11)17-7-18-15(14)16/h2-4,6-7H,5H2,1H3,(H2,16,17,18). The Bertz CT molecular complexity index is 936. The third-order valence-corrected chi connectivity index (χ3v) is 4.57. The SMILES string of the molecule is Cc1ccc([N+](=O)[O-])cc1CC(=O)c1csc2c(N)ncnc12. The molecule has 0 bridgehead atoms. The molecule has 0 aliphatic carbocycles. The van der Waals surface area contributed by atoms with Crippen molar-refractivity contribution in [3.05, 3.63) is 56.7 Å². The van der Waals surface area contributed by atoms with Gasteiger partial charge in [0.05, 0.1) is 20.7 Å². The lowest BCUT2D eigenvalue weighted by Crippen LogP contribution is -2.05. The van der Waals surface area contributed by atoms with E-state index in [-0.39, 0.29) is 17.9 Å². The Morgan fingerprint density at radius 3 is 2.91 bits per heavy atom. The second kappa shape index (κ2) is 5.73. The first-order valence-electron chi connectivity index (χ1n) is 6.72. The van der Waals surface area contributed by atoms with E-state index in [1.165, 1.54) is 29.8 Å². The molecule has 1 aromatic carbocycles. The Morgan fingerprint density at radius 2 is 2.17 bits per heavy atom. The summed E-state index contributed by atoms with van der Waals surface area (Å²) in [5, 5.41) is 12.6. The van der Waals surface area contributed by atoms with Crippen LogP contribution in [0.3, 0.4) is 0 Å². The number of nitro benzene ring substituents is 1. The summed E-state index contributed by atoms with van der Waals surface area (Å²) < 4.78 is 0.673. The van der Waals surface area contributed by atoms with Gasteiger partial charge in [-0.25, -0.2) is 9.97 Å². The second-order valence-electron chi connectivity index (χ2n) is 5.05. The molecule has 3 rings (SSSR count). The molecule has 0 saturated carbocycles. The predicted octanol–water partition coefficient (Wildman–Crippen LogP) is 2.92. The number of nitrogens with two attached hydrogens (primary N) is 1. The van der Waals surface area contributed by atoms with Crippen LogP contribution in [0, 0.1) is 17.0 Å². The number of fused-ring (bicyclic) bond motifs is 1. The summed E-state index contributed by atoms with van der Waals surface area (Å²) in [6.45, 7) is 1.82. The van der Waals surface area contributed by atoms with Gasteiger partial charge in [-0.15, -0.1) is 11.3 Å². The van der Waals surface area contributed by atoms with E-state index >= 15 is 0 Å². The van der Waals surface area contributed by atoms with Crippen LogP contribution >= 0.6 is 11.3 Å². The van der Waals surface area contributed by atoms with Crippen molar-refractivity contribution in [2.45, 2.75) is 13.3 Å². The molecule has 0 amide bonds. The number of ketones is 1. The molecule has 2 N–H and O–H groups in total. The quantitative estimate of drug-likeness (QED) is 0.447. The molecule has 2 aromatic heterocycles. The number of hydrogen-bond donors (Lipinski definition) is 1. The van der Waals surface area contributed by atoms with E-state index in [2.05, 4.69) is 9.97 Å². The minimum absolute atomic E-state index is 0.0276. The molecule has 0 spiro atoms. The Morgan fingerprint density at radius 1 is 1.39 bits per heavy atom. The number of thiophene rings is 1. The number of nitrogen functional groups attached to an aromatic ring is 1. The minimum atomic E-state index is -0.471. The van der Waals surface area contributed by atoms with Crippen LogP contribution in [0.25, 0.3) is 10.2 Å². The van der Waals surface area contributed by atoms with Crippen molar-refractivity contribution >= 4 is 38.8 Å². The first-order valence-corrected chi connectivity index (χ1v) is 7.60. The minimum Gasteiger partial charge on any atom is -0.382 e. The number of aromatic nitrogens is 2. The van der Waals surface area contributed by atoms with E-state index < -0.39 is 4.92 Å². The lowest BCUT2D eigenvalue weighted by Gasteiger charge is -2.05. The van der Waals surface area contributed by atoms with Crippen molar-refractivity contribution in [2.24, 2.45) is 0 Å². The van der Waals surface area contributed by atoms with Crippen molar-refractivity contribution in [3.8, 4) is 0 Å². The van der Waals surface area contributed by atoms with Gasteiger partial charge >= 0.3 is 0 Å². The molecular formula is C15H12N4O3S. The molecule has 0 atom stereocenters. The number of benzene rings is 1. The third-order valence-electron chi connectivity index (χ3n) is 3.58. The van der Waals surface area contributed by atoms with E-state index in [4.69, 9.17) is 5.73 Å². The van der Waals surface area contributed by atoms with Gasteiger partial charge in [0, 0.05) is 23.9 Å².